The van der Waals surface area contributed by atoms with Crippen molar-refractivity contribution >= 4 is 16.9 Å². The predicted molar refractivity (Wildman–Crippen MR) is 94.7 cm³/mol. The highest BCUT2D eigenvalue weighted by atomic mass is 16.5. The topological polar surface area (TPSA) is 59.8 Å². The number of likely N-dealkylation sites (N-methyl/N-ethyl adjacent to an activating group) is 1. The first-order valence-corrected chi connectivity index (χ1v) is 8.30. The highest BCUT2D eigenvalue weighted by Gasteiger charge is 2.22. The number of rotatable bonds is 5. The summed E-state index contributed by atoms with van der Waals surface area (Å²) >= 11 is 0. The molecule has 0 N–H and O–H groups in total. The van der Waals surface area contributed by atoms with Crippen LogP contribution in [0.4, 0.5) is 0 Å². The molecular formula is C19H25NO4. The number of hydrogen-bond acceptors (Lipinski definition) is 4. The molecule has 1 aromatic carbocycles. The van der Waals surface area contributed by atoms with E-state index in [1.54, 1.807) is 18.7 Å². The van der Waals surface area contributed by atoms with Gasteiger partial charge in [-0.3, -0.25) is 4.79 Å². The first-order chi connectivity index (χ1) is 11.3. The second-order valence-electron chi connectivity index (χ2n) is 6.05. The Bertz CT molecular complexity index is 818. The minimum absolute atomic E-state index is 0.0542. The highest BCUT2D eigenvalue weighted by molar-refractivity contribution is 5.89. The molecule has 0 radical (unpaired) electrons. The third kappa shape index (κ3) is 3.30. The van der Waals surface area contributed by atoms with Crippen LogP contribution in [-0.2, 0) is 4.79 Å². The number of aryl methyl sites for hydroxylation is 2. The zero-order chi connectivity index (χ0) is 18.0. The molecular weight excluding hydrogens is 306 g/mol. The van der Waals surface area contributed by atoms with Crippen molar-refractivity contribution in [2.24, 2.45) is 0 Å². The molecule has 5 heteroatoms. The van der Waals surface area contributed by atoms with Crippen LogP contribution in [0, 0.1) is 20.8 Å². The summed E-state index contributed by atoms with van der Waals surface area (Å²) in [6.07, 6.45) is -0.610. The van der Waals surface area contributed by atoms with Crippen LogP contribution < -0.4 is 10.4 Å². The Balaban J connectivity index is 2.51. The number of fused-ring (bicyclic) bond motifs is 1. The molecule has 0 spiro atoms. The van der Waals surface area contributed by atoms with E-state index in [-0.39, 0.29) is 11.5 Å². The minimum atomic E-state index is -0.610. The van der Waals surface area contributed by atoms with Gasteiger partial charge in [-0.1, -0.05) is 0 Å². The molecule has 0 aliphatic carbocycles. The summed E-state index contributed by atoms with van der Waals surface area (Å²) in [5.41, 5.74) is 2.42. The number of amides is 1. The average molecular weight is 331 g/mol. The van der Waals surface area contributed by atoms with Gasteiger partial charge in [0.05, 0.1) is 5.39 Å². The lowest BCUT2D eigenvalue weighted by Crippen LogP contribution is -2.40. The molecule has 5 nitrogen and oxygen atoms in total. The van der Waals surface area contributed by atoms with E-state index in [2.05, 4.69) is 0 Å². The molecule has 0 bridgehead atoms. The van der Waals surface area contributed by atoms with Crippen LogP contribution in [-0.4, -0.2) is 30.0 Å². The van der Waals surface area contributed by atoms with Gasteiger partial charge in [0, 0.05) is 18.7 Å². The largest absolute Gasteiger partial charge is 0.480 e. The van der Waals surface area contributed by atoms with Gasteiger partial charge < -0.3 is 14.1 Å². The smallest absolute Gasteiger partial charge is 0.339 e. The van der Waals surface area contributed by atoms with Crippen molar-refractivity contribution in [2.75, 3.05) is 13.1 Å². The number of benzene rings is 1. The Hall–Kier alpha value is -2.30. The summed E-state index contributed by atoms with van der Waals surface area (Å²) in [7, 11) is 0. The third-order valence-corrected chi connectivity index (χ3v) is 4.38. The molecule has 1 heterocycles. The summed E-state index contributed by atoms with van der Waals surface area (Å²) in [4.78, 5) is 26.1. The molecule has 2 rings (SSSR count). The Morgan fingerprint density at radius 1 is 1.17 bits per heavy atom. The molecule has 0 aliphatic rings. The zero-order valence-electron chi connectivity index (χ0n) is 15.2. The minimum Gasteiger partial charge on any atom is -0.480 e. The van der Waals surface area contributed by atoms with Crippen LogP contribution in [0.5, 0.6) is 5.75 Å². The van der Waals surface area contributed by atoms with Gasteiger partial charge in [-0.25, -0.2) is 4.79 Å². The maximum absolute atomic E-state index is 12.5. The Kier molecular flexibility index (Phi) is 5.32. The van der Waals surface area contributed by atoms with Gasteiger partial charge in [-0.2, -0.15) is 0 Å². The van der Waals surface area contributed by atoms with E-state index >= 15 is 0 Å². The fraction of sp³-hybridized carbons (Fsp3) is 0.474. The molecule has 130 valence electrons. The van der Waals surface area contributed by atoms with Gasteiger partial charge in [0.15, 0.2) is 6.10 Å². The summed E-state index contributed by atoms with van der Waals surface area (Å²) < 4.78 is 11.4. The molecule has 0 saturated carbocycles. The molecule has 0 fully saturated rings. The Morgan fingerprint density at radius 2 is 1.79 bits per heavy atom. The lowest BCUT2D eigenvalue weighted by molar-refractivity contribution is -0.137. The summed E-state index contributed by atoms with van der Waals surface area (Å²) in [5.74, 6) is 0.517. The highest BCUT2D eigenvalue weighted by Crippen LogP contribution is 2.31. The van der Waals surface area contributed by atoms with E-state index in [0.717, 1.165) is 16.5 Å². The van der Waals surface area contributed by atoms with Gasteiger partial charge in [-0.05, 0) is 64.8 Å². The predicted octanol–water partition coefficient (Wildman–Crippen LogP) is 3.35. The molecule has 1 aromatic heterocycles. The number of nitrogens with zero attached hydrogens (tertiary/aromatic N) is 1. The van der Waals surface area contributed by atoms with Crippen molar-refractivity contribution in [1.29, 1.82) is 0 Å². The van der Waals surface area contributed by atoms with Crippen LogP contribution in [0.25, 0.3) is 11.0 Å². The van der Waals surface area contributed by atoms with Crippen molar-refractivity contribution in [3.63, 3.8) is 0 Å². The fourth-order valence-electron chi connectivity index (χ4n) is 2.81. The van der Waals surface area contributed by atoms with Crippen LogP contribution in [0.3, 0.4) is 0 Å². The third-order valence-electron chi connectivity index (χ3n) is 4.38. The molecule has 1 atom stereocenters. The van der Waals surface area contributed by atoms with Crippen LogP contribution >= 0.6 is 0 Å². The van der Waals surface area contributed by atoms with Gasteiger partial charge in [0.25, 0.3) is 5.91 Å². The van der Waals surface area contributed by atoms with Crippen molar-refractivity contribution in [2.45, 2.75) is 47.6 Å². The first kappa shape index (κ1) is 18.0. The lowest BCUT2D eigenvalue weighted by Gasteiger charge is -2.24. The summed E-state index contributed by atoms with van der Waals surface area (Å²) in [5, 5.41) is 0.747. The van der Waals surface area contributed by atoms with Crippen molar-refractivity contribution in [3.05, 3.63) is 39.2 Å². The van der Waals surface area contributed by atoms with E-state index < -0.39 is 6.10 Å². The van der Waals surface area contributed by atoms with Crippen molar-refractivity contribution < 1.29 is 13.9 Å². The standard InChI is InChI=1S/C19H25NO4/c1-7-20(8-2)18(21)14(6)23-15-9-11(3)10-16-17(15)12(4)13(5)19(22)24-16/h9-10,14H,7-8H2,1-6H3. The van der Waals surface area contributed by atoms with Crippen molar-refractivity contribution in [3.8, 4) is 5.75 Å². The molecule has 2 aromatic rings. The Morgan fingerprint density at radius 3 is 2.38 bits per heavy atom. The number of ether oxygens (including phenoxy) is 1. The molecule has 1 unspecified atom stereocenters. The SMILES string of the molecule is CCN(CC)C(=O)C(C)Oc1cc(C)cc2oc(=O)c(C)c(C)c12. The first-order valence-electron chi connectivity index (χ1n) is 8.30. The van der Waals surface area contributed by atoms with Gasteiger partial charge >= 0.3 is 5.63 Å². The normalized spacial score (nSPS) is 12.2. The monoisotopic (exact) mass is 331 g/mol. The van der Waals surface area contributed by atoms with Gasteiger partial charge in [-0.15, -0.1) is 0 Å². The number of carbonyl (C=O) groups is 1. The fourth-order valence-corrected chi connectivity index (χ4v) is 2.81. The number of hydrogen-bond donors (Lipinski definition) is 0. The maximum atomic E-state index is 12.5. The number of carbonyl (C=O) groups excluding carboxylic acids is 1. The molecule has 24 heavy (non-hydrogen) atoms. The zero-order valence-corrected chi connectivity index (χ0v) is 15.2. The van der Waals surface area contributed by atoms with E-state index in [1.165, 1.54) is 0 Å². The van der Waals surface area contributed by atoms with Gasteiger partial charge in [0.2, 0.25) is 0 Å². The molecule has 0 saturated heterocycles. The molecule has 1 amide bonds. The average Bonchev–Trinajstić information content (AvgIpc) is 2.53. The maximum Gasteiger partial charge on any atom is 0.339 e. The quantitative estimate of drug-likeness (QED) is 0.788. The van der Waals surface area contributed by atoms with E-state index in [4.69, 9.17) is 9.15 Å². The second-order valence-corrected chi connectivity index (χ2v) is 6.05. The lowest BCUT2D eigenvalue weighted by atomic mass is 10.0. The summed E-state index contributed by atoms with van der Waals surface area (Å²) in [6.45, 7) is 12.4. The second kappa shape index (κ2) is 7.07. The van der Waals surface area contributed by atoms with Crippen LogP contribution in [0.2, 0.25) is 0 Å². The van der Waals surface area contributed by atoms with E-state index in [9.17, 15) is 9.59 Å². The van der Waals surface area contributed by atoms with E-state index in [1.807, 2.05) is 39.8 Å². The molecule has 0 aliphatic heterocycles. The van der Waals surface area contributed by atoms with Crippen molar-refractivity contribution in [1.82, 2.24) is 4.90 Å². The van der Waals surface area contributed by atoms with Crippen LogP contribution in [0.1, 0.15) is 37.5 Å². The van der Waals surface area contributed by atoms with Gasteiger partial charge in [0.1, 0.15) is 11.3 Å². The van der Waals surface area contributed by atoms with E-state index in [0.29, 0.717) is 30.0 Å². The summed E-state index contributed by atoms with van der Waals surface area (Å²) in [6, 6.07) is 3.69. The van der Waals surface area contributed by atoms with Crippen LogP contribution in [0.15, 0.2) is 21.3 Å². The Labute approximate surface area is 142 Å².